The van der Waals surface area contributed by atoms with Crippen molar-refractivity contribution in [2.24, 2.45) is 5.41 Å². The molecular weight excluding hydrogens is 228 g/mol. The molecule has 0 bridgehead atoms. The van der Waals surface area contributed by atoms with Crippen molar-refractivity contribution in [3.8, 4) is 0 Å². The zero-order chi connectivity index (χ0) is 13.0. The molecule has 0 aliphatic carbocycles. The van der Waals surface area contributed by atoms with Crippen LogP contribution < -0.4 is 10.6 Å². The standard InChI is InChI=1S/C13H22N4O/c1-3-13(4-5-14-10-13)12(18)15-6-7-17-9-11(2)8-16-17/h8-9,14H,3-7,10H2,1-2H3,(H,15,18). The molecule has 1 unspecified atom stereocenters. The number of carbonyl (C=O) groups excluding carboxylic acids is 1. The summed E-state index contributed by atoms with van der Waals surface area (Å²) in [5.41, 5.74) is 0.950. The maximum absolute atomic E-state index is 12.2. The molecule has 1 amide bonds. The van der Waals surface area contributed by atoms with Crippen molar-refractivity contribution in [1.29, 1.82) is 0 Å². The van der Waals surface area contributed by atoms with Gasteiger partial charge in [0.25, 0.3) is 0 Å². The molecule has 1 aromatic heterocycles. The maximum atomic E-state index is 12.2. The van der Waals surface area contributed by atoms with Crippen molar-refractivity contribution in [2.45, 2.75) is 33.2 Å². The minimum absolute atomic E-state index is 0.180. The summed E-state index contributed by atoms with van der Waals surface area (Å²) in [5, 5.41) is 10.5. The Morgan fingerprint density at radius 2 is 2.50 bits per heavy atom. The van der Waals surface area contributed by atoms with Crippen LogP contribution in [-0.4, -0.2) is 35.3 Å². The number of hydrogen-bond acceptors (Lipinski definition) is 3. The average molecular weight is 250 g/mol. The highest BCUT2D eigenvalue weighted by molar-refractivity contribution is 5.83. The summed E-state index contributed by atoms with van der Waals surface area (Å²) in [6, 6.07) is 0. The summed E-state index contributed by atoms with van der Waals surface area (Å²) in [5.74, 6) is 0.180. The first-order valence-electron chi connectivity index (χ1n) is 6.64. The lowest BCUT2D eigenvalue weighted by molar-refractivity contribution is -0.130. The van der Waals surface area contributed by atoms with Gasteiger partial charge in [-0.05, 0) is 31.9 Å². The fourth-order valence-corrected chi connectivity index (χ4v) is 2.46. The predicted molar refractivity (Wildman–Crippen MR) is 70.2 cm³/mol. The summed E-state index contributed by atoms with van der Waals surface area (Å²) < 4.78 is 1.86. The molecule has 1 fully saturated rings. The first-order valence-corrected chi connectivity index (χ1v) is 6.64. The Morgan fingerprint density at radius 3 is 3.06 bits per heavy atom. The fraction of sp³-hybridized carbons (Fsp3) is 0.692. The molecule has 1 aliphatic heterocycles. The van der Waals surface area contributed by atoms with Gasteiger partial charge in [0.15, 0.2) is 0 Å². The third-order valence-electron chi connectivity index (χ3n) is 3.79. The molecule has 2 heterocycles. The summed E-state index contributed by atoms with van der Waals surface area (Å²) >= 11 is 0. The van der Waals surface area contributed by atoms with Gasteiger partial charge in [-0.25, -0.2) is 0 Å². The van der Waals surface area contributed by atoms with Crippen LogP contribution >= 0.6 is 0 Å². The van der Waals surface area contributed by atoms with E-state index >= 15 is 0 Å². The van der Waals surface area contributed by atoms with E-state index in [1.54, 1.807) is 0 Å². The van der Waals surface area contributed by atoms with E-state index in [9.17, 15) is 4.79 Å². The van der Waals surface area contributed by atoms with Crippen LogP contribution in [0.4, 0.5) is 0 Å². The minimum atomic E-state index is -0.194. The van der Waals surface area contributed by atoms with Crippen LogP contribution in [0.15, 0.2) is 12.4 Å². The molecule has 5 heteroatoms. The molecule has 0 radical (unpaired) electrons. The van der Waals surface area contributed by atoms with Gasteiger partial charge >= 0.3 is 0 Å². The number of nitrogens with one attached hydrogen (secondary N) is 2. The minimum Gasteiger partial charge on any atom is -0.354 e. The molecule has 1 saturated heterocycles. The van der Waals surface area contributed by atoms with Crippen molar-refractivity contribution < 1.29 is 4.79 Å². The van der Waals surface area contributed by atoms with Crippen LogP contribution in [0.5, 0.6) is 0 Å². The van der Waals surface area contributed by atoms with Gasteiger partial charge < -0.3 is 10.6 Å². The van der Waals surface area contributed by atoms with E-state index in [4.69, 9.17) is 0 Å². The quantitative estimate of drug-likeness (QED) is 0.808. The third-order valence-corrected chi connectivity index (χ3v) is 3.79. The Labute approximate surface area is 108 Å². The van der Waals surface area contributed by atoms with E-state index in [0.717, 1.165) is 38.0 Å². The summed E-state index contributed by atoms with van der Waals surface area (Å²) in [6.45, 7) is 7.21. The average Bonchev–Trinajstić information content (AvgIpc) is 2.99. The van der Waals surface area contributed by atoms with Crippen molar-refractivity contribution in [3.63, 3.8) is 0 Å². The fourth-order valence-electron chi connectivity index (χ4n) is 2.46. The number of nitrogens with zero attached hydrogens (tertiary/aromatic N) is 2. The molecule has 0 spiro atoms. The largest absolute Gasteiger partial charge is 0.354 e. The summed E-state index contributed by atoms with van der Waals surface area (Å²) in [4.78, 5) is 12.2. The van der Waals surface area contributed by atoms with Crippen molar-refractivity contribution >= 4 is 5.91 Å². The van der Waals surface area contributed by atoms with E-state index in [0.29, 0.717) is 6.54 Å². The van der Waals surface area contributed by atoms with E-state index in [1.165, 1.54) is 0 Å². The van der Waals surface area contributed by atoms with Crippen molar-refractivity contribution in [3.05, 3.63) is 18.0 Å². The Morgan fingerprint density at radius 1 is 1.67 bits per heavy atom. The molecule has 2 N–H and O–H groups in total. The second kappa shape index (κ2) is 5.52. The highest BCUT2D eigenvalue weighted by Gasteiger charge is 2.38. The number of carbonyl (C=O) groups is 1. The number of rotatable bonds is 5. The molecule has 1 aromatic rings. The Hall–Kier alpha value is -1.36. The van der Waals surface area contributed by atoms with Gasteiger partial charge in [-0.3, -0.25) is 9.48 Å². The van der Waals surface area contributed by atoms with E-state index in [1.807, 2.05) is 24.0 Å². The molecule has 5 nitrogen and oxygen atoms in total. The molecular formula is C13H22N4O. The molecule has 1 aliphatic rings. The van der Waals surface area contributed by atoms with E-state index in [-0.39, 0.29) is 11.3 Å². The number of aromatic nitrogens is 2. The van der Waals surface area contributed by atoms with Gasteiger partial charge in [-0.1, -0.05) is 6.92 Å². The van der Waals surface area contributed by atoms with Crippen LogP contribution in [0.1, 0.15) is 25.3 Å². The molecule has 18 heavy (non-hydrogen) atoms. The SMILES string of the molecule is CCC1(C(=O)NCCn2cc(C)cn2)CCNC1. The Balaban J connectivity index is 1.81. The Kier molecular flexibility index (Phi) is 4.01. The van der Waals surface area contributed by atoms with Crippen LogP contribution in [0.3, 0.4) is 0 Å². The summed E-state index contributed by atoms with van der Waals surface area (Å²) in [6.07, 6.45) is 5.65. The van der Waals surface area contributed by atoms with Gasteiger partial charge in [0.1, 0.15) is 0 Å². The lowest BCUT2D eigenvalue weighted by Crippen LogP contribution is -2.43. The van der Waals surface area contributed by atoms with Gasteiger partial charge in [0.05, 0.1) is 18.2 Å². The van der Waals surface area contributed by atoms with Gasteiger partial charge in [0, 0.05) is 19.3 Å². The third kappa shape index (κ3) is 2.72. The normalized spacial score (nSPS) is 23.2. The second-order valence-corrected chi connectivity index (χ2v) is 5.10. The number of hydrogen-bond donors (Lipinski definition) is 2. The highest BCUT2D eigenvalue weighted by Crippen LogP contribution is 2.29. The van der Waals surface area contributed by atoms with Crippen LogP contribution in [0, 0.1) is 12.3 Å². The van der Waals surface area contributed by atoms with Crippen molar-refractivity contribution in [1.82, 2.24) is 20.4 Å². The van der Waals surface area contributed by atoms with Gasteiger partial charge in [-0.15, -0.1) is 0 Å². The smallest absolute Gasteiger partial charge is 0.227 e. The predicted octanol–water partition coefficient (Wildman–Crippen LogP) is 0.697. The highest BCUT2D eigenvalue weighted by atomic mass is 16.2. The lowest BCUT2D eigenvalue weighted by atomic mass is 9.83. The molecule has 1 atom stereocenters. The molecule has 2 rings (SSSR count). The first kappa shape index (κ1) is 13.1. The van der Waals surface area contributed by atoms with E-state index < -0.39 is 0 Å². The second-order valence-electron chi connectivity index (χ2n) is 5.10. The Bertz CT molecular complexity index is 407. The monoisotopic (exact) mass is 250 g/mol. The topological polar surface area (TPSA) is 59.0 Å². The van der Waals surface area contributed by atoms with E-state index in [2.05, 4.69) is 22.7 Å². The van der Waals surface area contributed by atoms with Crippen LogP contribution in [-0.2, 0) is 11.3 Å². The zero-order valence-corrected chi connectivity index (χ0v) is 11.2. The van der Waals surface area contributed by atoms with Gasteiger partial charge in [0.2, 0.25) is 5.91 Å². The molecule has 100 valence electrons. The van der Waals surface area contributed by atoms with Crippen molar-refractivity contribution in [2.75, 3.05) is 19.6 Å². The first-order chi connectivity index (χ1) is 8.66. The molecule has 0 saturated carbocycles. The van der Waals surface area contributed by atoms with Gasteiger partial charge in [-0.2, -0.15) is 5.10 Å². The zero-order valence-electron chi connectivity index (χ0n) is 11.2. The van der Waals surface area contributed by atoms with Crippen LogP contribution in [0.25, 0.3) is 0 Å². The lowest BCUT2D eigenvalue weighted by Gasteiger charge is -2.25. The summed E-state index contributed by atoms with van der Waals surface area (Å²) in [7, 11) is 0. The van der Waals surface area contributed by atoms with Crippen LogP contribution in [0.2, 0.25) is 0 Å². The number of amides is 1. The molecule has 0 aromatic carbocycles. The maximum Gasteiger partial charge on any atom is 0.227 e. The number of aryl methyl sites for hydroxylation is 1.